The fourth-order valence-electron chi connectivity index (χ4n) is 1.95. The van der Waals surface area contributed by atoms with Gasteiger partial charge in [0, 0.05) is 22.6 Å². The van der Waals surface area contributed by atoms with Gasteiger partial charge in [0.1, 0.15) is 0 Å². The number of aryl methyl sites for hydroxylation is 1. The molecule has 0 unspecified atom stereocenters. The van der Waals surface area contributed by atoms with Gasteiger partial charge in [0.25, 0.3) is 0 Å². The van der Waals surface area contributed by atoms with E-state index in [4.69, 9.17) is 0 Å². The molecule has 0 bridgehead atoms. The fraction of sp³-hybridized carbons (Fsp3) is 0.250. The Morgan fingerprint density at radius 3 is 2.93 bits per heavy atom. The maximum absolute atomic E-state index is 4.43. The Kier molecular flexibility index (Phi) is 2.25. The van der Waals surface area contributed by atoms with E-state index >= 15 is 0 Å². The number of aromatic nitrogens is 2. The minimum atomic E-state index is 1.09. The average molecular weight is 216 g/mol. The maximum Gasteiger partial charge on any atom is 0.0963 e. The molecule has 0 fully saturated rings. The Bertz CT molecular complexity index is 462. The number of nitrogens with one attached hydrogen (secondary N) is 1. The van der Waals surface area contributed by atoms with Crippen LogP contribution in [0.5, 0.6) is 0 Å². The molecule has 1 aliphatic rings. The van der Waals surface area contributed by atoms with Crippen LogP contribution in [-0.2, 0) is 12.2 Å². The van der Waals surface area contributed by atoms with Gasteiger partial charge in [0.05, 0.1) is 5.69 Å². The largest absolute Gasteiger partial charge is 0.282 e. The maximum atomic E-state index is 4.43. The van der Waals surface area contributed by atoms with Gasteiger partial charge < -0.3 is 0 Å². The zero-order valence-electron chi connectivity index (χ0n) is 8.36. The van der Waals surface area contributed by atoms with Crippen LogP contribution in [0.4, 0.5) is 0 Å². The molecule has 0 radical (unpaired) electrons. The molecule has 76 valence electrons. The number of aromatic amines is 1. The number of rotatable bonds is 1. The number of H-pyrrole nitrogens is 1. The summed E-state index contributed by atoms with van der Waals surface area (Å²) in [6.45, 7) is 0. The molecule has 1 aromatic carbocycles. The molecule has 2 aromatic rings. The molecule has 1 aromatic heterocycles. The average Bonchev–Trinajstić information content (AvgIpc) is 2.74. The van der Waals surface area contributed by atoms with Crippen LogP contribution in [0.15, 0.2) is 30.3 Å². The van der Waals surface area contributed by atoms with E-state index in [1.54, 1.807) is 0 Å². The van der Waals surface area contributed by atoms with Gasteiger partial charge in [0.2, 0.25) is 0 Å². The molecule has 2 nitrogen and oxygen atoms in total. The third-order valence-corrected chi connectivity index (χ3v) is 3.73. The highest BCUT2D eigenvalue weighted by atomic mass is 32.2. The van der Waals surface area contributed by atoms with Crippen molar-refractivity contribution in [2.45, 2.75) is 12.2 Å². The lowest BCUT2D eigenvalue weighted by Crippen LogP contribution is -2.00. The van der Waals surface area contributed by atoms with Crippen molar-refractivity contribution in [1.29, 1.82) is 0 Å². The lowest BCUT2D eigenvalue weighted by molar-refractivity contribution is 0.966. The first kappa shape index (κ1) is 9.04. The van der Waals surface area contributed by atoms with Gasteiger partial charge in [-0.2, -0.15) is 16.9 Å². The SMILES string of the molecule is c1ccc(-c2n[nH]c3c2CSCC3)cc1. The highest BCUT2D eigenvalue weighted by Crippen LogP contribution is 2.31. The first-order chi connectivity index (χ1) is 7.45. The number of nitrogens with zero attached hydrogens (tertiary/aromatic N) is 1. The van der Waals surface area contributed by atoms with E-state index in [9.17, 15) is 0 Å². The molecule has 0 amide bonds. The summed E-state index contributed by atoms with van der Waals surface area (Å²) in [4.78, 5) is 0. The van der Waals surface area contributed by atoms with E-state index in [1.165, 1.54) is 22.6 Å². The molecule has 2 heterocycles. The van der Waals surface area contributed by atoms with Crippen LogP contribution < -0.4 is 0 Å². The molecule has 3 heteroatoms. The van der Waals surface area contributed by atoms with Gasteiger partial charge in [-0.05, 0) is 12.2 Å². The molecular weight excluding hydrogens is 204 g/mol. The molecule has 0 saturated heterocycles. The van der Waals surface area contributed by atoms with E-state index in [1.807, 2.05) is 17.8 Å². The molecule has 15 heavy (non-hydrogen) atoms. The fourth-order valence-corrected chi connectivity index (χ4v) is 2.95. The Labute approximate surface area is 93.1 Å². The van der Waals surface area contributed by atoms with E-state index in [-0.39, 0.29) is 0 Å². The van der Waals surface area contributed by atoms with Crippen LogP contribution in [-0.4, -0.2) is 16.0 Å². The zero-order valence-corrected chi connectivity index (χ0v) is 9.18. The molecule has 0 spiro atoms. The summed E-state index contributed by atoms with van der Waals surface area (Å²) in [7, 11) is 0. The van der Waals surface area contributed by atoms with Gasteiger partial charge in [-0.3, -0.25) is 5.10 Å². The highest BCUT2D eigenvalue weighted by Gasteiger charge is 2.17. The quantitative estimate of drug-likeness (QED) is 0.794. The van der Waals surface area contributed by atoms with E-state index < -0.39 is 0 Å². The highest BCUT2D eigenvalue weighted by molar-refractivity contribution is 7.98. The Morgan fingerprint density at radius 2 is 2.07 bits per heavy atom. The first-order valence-electron chi connectivity index (χ1n) is 5.14. The van der Waals surface area contributed by atoms with Crippen LogP contribution in [0.1, 0.15) is 11.3 Å². The summed E-state index contributed by atoms with van der Waals surface area (Å²) >= 11 is 1.99. The Balaban J connectivity index is 2.09. The van der Waals surface area contributed by atoms with Crippen molar-refractivity contribution in [3.05, 3.63) is 41.6 Å². The zero-order chi connectivity index (χ0) is 10.1. The lowest BCUT2D eigenvalue weighted by Gasteiger charge is -2.10. The number of thioether (sulfide) groups is 1. The molecule has 3 rings (SSSR count). The minimum Gasteiger partial charge on any atom is -0.282 e. The third kappa shape index (κ3) is 1.57. The summed E-state index contributed by atoms with van der Waals surface area (Å²) in [5, 5.41) is 7.59. The van der Waals surface area contributed by atoms with E-state index in [2.05, 4.69) is 34.5 Å². The standard InChI is InChI=1S/C12H12N2S/c1-2-4-9(5-3-1)12-10-8-15-7-6-11(10)13-14-12/h1-5H,6-8H2,(H,13,14). The molecular formula is C12H12N2S. The smallest absolute Gasteiger partial charge is 0.0963 e. The Morgan fingerprint density at radius 1 is 1.20 bits per heavy atom. The third-order valence-electron chi connectivity index (χ3n) is 2.74. The first-order valence-corrected chi connectivity index (χ1v) is 6.30. The van der Waals surface area contributed by atoms with E-state index in [0.717, 1.165) is 17.9 Å². The minimum absolute atomic E-state index is 1.09. The second-order valence-corrected chi connectivity index (χ2v) is 4.80. The number of fused-ring (bicyclic) bond motifs is 1. The van der Waals surface area contributed by atoms with Gasteiger partial charge in [-0.15, -0.1) is 0 Å². The lowest BCUT2D eigenvalue weighted by atomic mass is 10.1. The van der Waals surface area contributed by atoms with Gasteiger partial charge in [0.15, 0.2) is 0 Å². The van der Waals surface area contributed by atoms with Gasteiger partial charge in [-0.25, -0.2) is 0 Å². The van der Waals surface area contributed by atoms with Crippen molar-refractivity contribution in [3.8, 4) is 11.3 Å². The van der Waals surface area contributed by atoms with Crippen LogP contribution in [0.2, 0.25) is 0 Å². The number of hydrogen-bond acceptors (Lipinski definition) is 2. The summed E-state index contributed by atoms with van der Waals surface area (Å²) in [5.74, 6) is 2.31. The van der Waals surface area contributed by atoms with Gasteiger partial charge in [-0.1, -0.05) is 30.3 Å². The predicted octanol–water partition coefficient (Wildman–Crippen LogP) is 2.87. The second kappa shape index (κ2) is 3.74. The summed E-state index contributed by atoms with van der Waals surface area (Å²) < 4.78 is 0. The van der Waals surface area contributed by atoms with Crippen LogP contribution in [0.3, 0.4) is 0 Å². The topological polar surface area (TPSA) is 28.7 Å². The van der Waals surface area contributed by atoms with Gasteiger partial charge >= 0.3 is 0 Å². The molecule has 1 aliphatic heterocycles. The van der Waals surface area contributed by atoms with Crippen molar-refractivity contribution in [1.82, 2.24) is 10.2 Å². The van der Waals surface area contributed by atoms with Crippen molar-refractivity contribution in [2.24, 2.45) is 0 Å². The molecule has 0 atom stereocenters. The predicted molar refractivity (Wildman–Crippen MR) is 63.9 cm³/mol. The summed E-state index contributed by atoms with van der Waals surface area (Å²) in [6.07, 6.45) is 1.12. The van der Waals surface area contributed by atoms with Crippen molar-refractivity contribution < 1.29 is 0 Å². The summed E-state index contributed by atoms with van der Waals surface area (Å²) in [5.41, 5.74) is 5.08. The van der Waals surface area contributed by atoms with Crippen molar-refractivity contribution >= 4 is 11.8 Å². The molecule has 0 saturated carbocycles. The van der Waals surface area contributed by atoms with E-state index in [0.29, 0.717) is 0 Å². The normalized spacial score (nSPS) is 14.9. The second-order valence-electron chi connectivity index (χ2n) is 3.70. The Hall–Kier alpha value is -1.22. The molecule has 0 aliphatic carbocycles. The monoisotopic (exact) mass is 216 g/mol. The van der Waals surface area contributed by atoms with Crippen LogP contribution >= 0.6 is 11.8 Å². The van der Waals surface area contributed by atoms with Crippen molar-refractivity contribution in [2.75, 3.05) is 5.75 Å². The van der Waals surface area contributed by atoms with Crippen LogP contribution in [0.25, 0.3) is 11.3 Å². The summed E-state index contributed by atoms with van der Waals surface area (Å²) in [6, 6.07) is 10.4. The van der Waals surface area contributed by atoms with Crippen molar-refractivity contribution in [3.63, 3.8) is 0 Å². The number of hydrogen-bond donors (Lipinski definition) is 1. The molecule has 1 N–H and O–H groups in total. The van der Waals surface area contributed by atoms with Crippen LogP contribution in [0, 0.1) is 0 Å². The number of benzene rings is 1.